The van der Waals surface area contributed by atoms with Crippen molar-refractivity contribution in [1.82, 2.24) is 10.1 Å². The molecule has 1 unspecified atom stereocenters. The van der Waals surface area contributed by atoms with E-state index < -0.39 is 0 Å². The molecule has 0 aromatic carbocycles. The lowest BCUT2D eigenvalue weighted by Gasteiger charge is -2.31. The zero-order valence-electron chi connectivity index (χ0n) is 12.0. The molecule has 0 radical (unpaired) electrons. The van der Waals surface area contributed by atoms with Crippen LogP contribution in [0.25, 0.3) is 0 Å². The van der Waals surface area contributed by atoms with Crippen molar-refractivity contribution in [1.29, 1.82) is 0 Å². The molecule has 0 bridgehead atoms. The summed E-state index contributed by atoms with van der Waals surface area (Å²) in [6, 6.07) is 0. The van der Waals surface area contributed by atoms with E-state index in [-0.39, 0.29) is 11.6 Å². The molecule has 1 aromatic heterocycles. The van der Waals surface area contributed by atoms with E-state index in [1.807, 2.05) is 6.92 Å². The lowest BCUT2D eigenvalue weighted by molar-refractivity contribution is 0.0518. The van der Waals surface area contributed by atoms with Gasteiger partial charge in [-0.05, 0) is 26.2 Å². The van der Waals surface area contributed by atoms with Crippen molar-refractivity contribution >= 4 is 0 Å². The first kappa shape index (κ1) is 14.5. The van der Waals surface area contributed by atoms with E-state index in [0.717, 1.165) is 19.3 Å². The minimum absolute atomic E-state index is 0.0671. The molecule has 1 aliphatic rings. The highest BCUT2D eigenvalue weighted by Gasteiger charge is 2.30. The van der Waals surface area contributed by atoms with Crippen molar-refractivity contribution in [3.05, 3.63) is 11.7 Å². The van der Waals surface area contributed by atoms with Crippen LogP contribution in [0.4, 0.5) is 0 Å². The number of nitrogens with zero attached hydrogens (tertiary/aromatic N) is 2. The number of hydrogen-bond acceptors (Lipinski definition) is 5. The predicted octanol–water partition coefficient (Wildman–Crippen LogP) is 2.76. The van der Waals surface area contributed by atoms with Crippen LogP contribution in [0.5, 0.6) is 0 Å². The Hall–Kier alpha value is -0.940. The minimum Gasteiger partial charge on any atom is -0.370 e. The van der Waals surface area contributed by atoms with E-state index in [0.29, 0.717) is 24.7 Å². The Bertz CT molecular complexity index is 386. The third-order valence-corrected chi connectivity index (χ3v) is 3.86. The number of hydrogen-bond donors (Lipinski definition) is 1. The molecule has 2 N–H and O–H groups in total. The summed E-state index contributed by atoms with van der Waals surface area (Å²) in [4.78, 5) is 4.46. The van der Waals surface area contributed by atoms with Crippen molar-refractivity contribution in [2.24, 2.45) is 5.73 Å². The predicted molar refractivity (Wildman–Crippen MR) is 72.7 cm³/mol. The second kappa shape index (κ2) is 6.48. The zero-order chi connectivity index (χ0) is 13.7. The Balaban J connectivity index is 2.00. The first-order valence-corrected chi connectivity index (χ1v) is 7.40. The zero-order valence-corrected chi connectivity index (χ0v) is 12.0. The molecular formula is C14H25N3O2. The van der Waals surface area contributed by atoms with Gasteiger partial charge in [-0.1, -0.05) is 31.3 Å². The summed E-state index contributed by atoms with van der Waals surface area (Å²) in [6.45, 7) is 4.69. The molecule has 1 atom stereocenters. The van der Waals surface area contributed by atoms with Gasteiger partial charge in [-0.25, -0.2) is 0 Å². The Morgan fingerprint density at radius 1 is 1.32 bits per heavy atom. The van der Waals surface area contributed by atoms with Crippen LogP contribution in [0.2, 0.25) is 0 Å². The highest BCUT2D eigenvalue weighted by molar-refractivity contribution is 4.99. The Labute approximate surface area is 114 Å². The van der Waals surface area contributed by atoms with E-state index in [9.17, 15) is 0 Å². The topological polar surface area (TPSA) is 74.2 Å². The maximum absolute atomic E-state index is 6.41. The normalized spacial score (nSPS) is 20.4. The molecule has 1 saturated carbocycles. The number of rotatable bonds is 6. The van der Waals surface area contributed by atoms with Crippen LogP contribution in [-0.4, -0.2) is 22.3 Å². The summed E-state index contributed by atoms with van der Waals surface area (Å²) in [6.07, 6.45) is 7.25. The van der Waals surface area contributed by atoms with Crippen LogP contribution in [0.3, 0.4) is 0 Å². The van der Waals surface area contributed by atoms with Crippen molar-refractivity contribution in [2.45, 2.75) is 70.4 Å². The molecule has 19 heavy (non-hydrogen) atoms. The first-order valence-electron chi connectivity index (χ1n) is 7.40. The second-order valence-electron chi connectivity index (χ2n) is 5.50. The van der Waals surface area contributed by atoms with Gasteiger partial charge in [0.1, 0.15) is 6.10 Å². The van der Waals surface area contributed by atoms with Gasteiger partial charge in [-0.3, -0.25) is 0 Å². The molecule has 0 amide bonds. The van der Waals surface area contributed by atoms with Gasteiger partial charge in [0.2, 0.25) is 11.7 Å². The third kappa shape index (κ3) is 3.76. The molecule has 1 fully saturated rings. The quantitative estimate of drug-likeness (QED) is 0.857. The van der Waals surface area contributed by atoms with Crippen LogP contribution in [0.1, 0.15) is 70.2 Å². The van der Waals surface area contributed by atoms with Gasteiger partial charge in [-0.15, -0.1) is 0 Å². The molecule has 1 aromatic rings. The van der Waals surface area contributed by atoms with Crippen LogP contribution in [0, 0.1) is 0 Å². The minimum atomic E-state index is -0.157. The lowest BCUT2D eigenvalue weighted by atomic mass is 9.80. The fourth-order valence-electron chi connectivity index (χ4n) is 2.78. The molecule has 108 valence electrons. The molecular weight excluding hydrogens is 242 g/mol. The van der Waals surface area contributed by atoms with Gasteiger partial charge < -0.3 is 15.0 Å². The molecule has 1 aliphatic carbocycles. The summed E-state index contributed by atoms with van der Waals surface area (Å²) < 4.78 is 10.9. The van der Waals surface area contributed by atoms with Gasteiger partial charge >= 0.3 is 0 Å². The fraction of sp³-hybridized carbons (Fsp3) is 0.857. The fourth-order valence-corrected chi connectivity index (χ4v) is 2.78. The summed E-state index contributed by atoms with van der Waals surface area (Å²) in [5.41, 5.74) is 6.25. The Kier molecular flexibility index (Phi) is 4.93. The van der Waals surface area contributed by atoms with Crippen LogP contribution >= 0.6 is 0 Å². The van der Waals surface area contributed by atoms with E-state index in [4.69, 9.17) is 15.0 Å². The smallest absolute Gasteiger partial charge is 0.228 e. The standard InChI is InChI=1S/C14H25N3O2/c1-3-11(18-4-2)13-16-12(19-17-13)10-14(15)8-6-5-7-9-14/h11H,3-10,15H2,1-2H3. The molecule has 0 saturated heterocycles. The average molecular weight is 267 g/mol. The maximum Gasteiger partial charge on any atom is 0.228 e. The van der Waals surface area contributed by atoms with Gasteiger partial charge in [0.15, 0.2) is 0 Å². The van der Waals surface area contributed by atoms with Gasteiger partial charge in [0.05, 0.1) is 0 Å². The first-order chi connectivity index (χ1) is 9.17. The summed E-state index contributed by atoms with van der Waals surface area (Å²) in [5, 5.41) is 4.04. The van der Waals surface area contributed by atoms with Crippen molar-refractivity contribution in [2.75, 3.05) is 6.61 Å². The van der Waals surface area contributed by atoms with E-state index in [2.05, 4.69) is 17.1 Å². The summed E-state index contributed by atoms with van der Waals surface area (Å²) in [7, 11) is 0. The van der Waals surface area contributed by atoms with Gasteiger partial charge in [0, 0.05) is 18.6 Å². The highest BCUT2D eigenvalue weighted by atomic mass is 16.5. The summed E-state index contributed by atoms with van der Waals surface area (Å²) in [5.74, 6) is 1.30. The molecule has 5 heteroatoms. The number of aromatic nitrogens is 2. The Morgan fingerprint density at radius 2 is 2.05 bits per heavy atom. The second-order valence-corrected chi connectivity index (χ2v) is 5.50. The van der Waals surface area contributed by atoms with Crippen LogP contribution in [0.15, 0.2) is 4.52 Å². The monoisotopic (exact) mass is 267 g/mol. The molecule has 0 spiro atoms. The SMILES string of the molecule is CCOC(CC)c1noc(CC2(N)CCCCC2)n1. The number of ether oxygens (including phenoxy) is 1. The average Bonchev–Trinajstić information content (AvgIpc) is 2.84. The lowest BCUT2D eigenvalue weighted by Crippen LogP contribution is -2.43. The van der Waals surface area contributed by atoms with Crippen LogP contribution < -0.4 is 5.73 Å². The number of nitrogens with two attached hydrogens (primary N) is 1. The summed E-state index contributed by atoms with van der Waals surface area (Å²) >= 11 is 0. The molecule has 5 nitrogen and oxygen atoms in total. The van der Waals surface area contributed by atoms with E-state index in [1.165, 1.54) is 19.3 Å². The third-order valence-electron chi connectivity index (χ3n) is 3.86. The maximum atomic E-state index is 6.41. The van der Waals surface area contributed by atoms with E-state index in [1.54, 1.807) is 0 Å². The van der Waals surface area contributed by atoms with Crippen molar-refractivity contribution in [3.8, 4) is 0 Å². The Morgan fingerprint density at radius 3 is 2.68 bits per heavy atom. The molecule has 2 rings (SSSR count). The molecule has 1 heterocycles. The largest absolute Gasteiger partial charge is 0.370 e. The molecule has 0 aliphatic heterocycles. The van der Waals surface area contributed by atoms with Crippen LogP contribution in [-0.2, 0) is 11.2 Å². The van der Waals surface area contributed by atoms with Crippen molar-refractivity contribution < 1.29 is 9.26 Å². The van der Waals surface area contributed by atoms with Gasteiger partial charge in [-0.2, -0.15) is 4.98 Å². The van der Waals surface area contributed by atoms with Gasteiger partial charge in [0.25, 0.3) is 0 Å². The van der Waals surface area contributed by atoms with Crippen molar-refractivity contribution in [3.63, 3.8) is 0 Å². The van der Waals surface area contributed by atoms with E-state index >= 15 is 0 Å². The highest BCUT2D eigenvalue weighted by Crippen LogP contribution is 2.29.